The average molecular weight is 427 g/mol. The maximum Gasteiger partial charge on any atom is 0.270 e. The van der Waals surface area contributed by atoms with Gasteiger partial charge < -0.3 is 10.7 Å². The third-order valence-electron chi connectivity index (χ3n) is 5.81. The van der Waals surface area contributed by atoms with Crippen molar-refractivity contribution in [2.45, 2.75) is 38.6 Å². The van der Waals surface area contributed by atoms with Gasteiger partial charge in [-0.3, -0.25) is 14.5 Å². The lowest BCUT2D eigenvalue weighted by Crippen LogP contribution is -2.33. The van der Waals surface area contributed by atoms with Gasteiger partial charge in [0.1, 0.15) is 17.2 Å². The SMILES string of the molecule is CCc1nc2cc(F)c(CN3CCC(c4ccc(F)nc4C(N)=O)CC3)cc2[nH]c1=O. The lowest BCUT2D eigenvalue weighted by Gasteiger charge is -2.32. The first kappa shape index (κ1) is 21.0. The number of carbonyl (C=O) groups is 1. The molecule has 3 heterocycles. The number of aromatic nitrogens is 3. The van der Waals surface area contributed by atoms with Crippen molar-refractivity contribution in [1.29, 1.82) is 0 Å². The molecule has 9 heteroatoms. The number of primary amides is 1. The van der Waals surface area contributed by atoms with E-state index in [9.17, 15) is 18.4 Å². The Morgan fingerprint density at radius 2 is 1.97 bits per heavy atom. The van der Waals surface area contributed by atoms with Crippen LogP contribution < -0.4 is 11.3 Å². The van der Waals surface area contributed by atoms with Crippen LogP contribution in [0.1, 0.15) is 53.0 Å². The summed E-state index contributed by atoms with van der Waals surface area (Å²) in [7, 11) is 0. The van der Waals surface area contributed by atoms with Crippen molar-refractivity contribution in [3.8, 4) is 0 Å². The molecule has 0 unspecified atom stereocenters. The number of nitrogens with zero attached hydrogens (tertiary/aromatic N) is 3. The molecule has 31 heavy (non-hydrogen) atoms. The zero-order valence-corrected chi connectivity index (χ0v) is 17.1. The van der Waals surface area contributed by atoms with E-state index in [-0.39, 0.29) is 23.0 Å². The van der Waals surface area contributed by atoms with Crippen molar-refractivity contribution in [2.75, 3.05) is 13.1 Å². The predicted molar refractivity (Wildman–Crippen MR) is 112 cm³/mol. The van der Waals surface area contributed by atoms with Gasteiger partial charge in [-0.1, -0.05) is 13.0 Å². The lowest BCUT2D eigenvalue weighted by atomic mass is 9.88. The molecule has 1 aliphatic rings. The Morgan fingerprint density at radius 1 is 1.23 bits per heavy atom. The number of H-pyrrole nitrogens is 1. The maximum absolute atomic E-state index is 14.7. The summed E-state index contributed by atoms with van der Waals surface area (Å²) in [6.07, 6.45) is 1.90. The minimum Gasteiger partial charge on any atom is -0.364 e. The number of rotatable bonds is 5. The van der Waals surface area contributed by atoms with E-state index in [1.807, 2.05) is 6.92 Å². The van der Waals surface area contributed by atoms with Crippen LogP contribution >= 0.6 is 0 Å². The van der Waals surface area contributed by atoms with Crippen LogP contribution in [0.2, 0.25) is 0 Å². The van der Waals surface area contributed by atoms with E-state index in [4.69, 9.17) is 5.73 Å². The number of likely N-dealkylation sites (tertiary alicyclic amines) is 1. The van der Waals surface area contributed by atoms with Crippen LogP contribution in [0.5, 0.6) is 0 Å². The Bertz CT molecular complexity index is 1200. The number of carbonyl (C=O) groups excluding carboxylic acids is 1. The fourth-order valence-corrected chi connectivity index (χ4v) is 4.17. The molecule has 3 N–H and O–H groups in total. The number of aryl methyl sites for hydroxylation is 1. The maximum atomic E-state index is 14.7. The Hall–Kier alpha value is -3.20. The van der Waals surface area contributed by atoms with Crippen molar-refractivity contribution >= 4 is 16.9 Å². The van der Waals surface area contributed by atoms with Crippen molar-refractivity contribution in [3.63, 3.8) is 0 Å². The number of nitrogens with two attached hydrogens (primary N) is 1. The highest BCUT2D eigenvalue weighted by Gasteiger charge is 2.25. The van der Waals surface area contributed by atoms with Crippen molar-refractivity contribution in [1.82, 2.24) is 19.9 Å². The molecular weight excluding hydrogens is 404 g/mol. The van der Waals surface area contributed by atoms with E-state index in [2.05, 4.69) is 19.9 Å². The number of pyridine rings is 1. The molecule has 1 fully saturated rings. The molecule has 0 aliphatic carbocycles. The second-order valence-electron chi connectivity index (χ2n) is 7.81. The quantitative estimate of drug-likeness (QED) is 0.609. The van der Waals surface area contributed by atoms with Gasteiger partial charge in [0.25, 0.3) is 11.5 Å². The second-order valence-corrected chi connectivity index (χ2v) is 7.81. The number of halogens is 2. The van der Waals surface area contributed by atoms with E-state index in [0.717, 1.165) is 0 Å². The number of nitrogens with one attached hydrogen (secondary N) is 1. The van der Waals surface area contributed by atoms with Gasteiger partial charge in [0.15, 0.2) is 0 Å². The molecule has 2 aromatic heterocycles. The number of benzene rings is 1. The van der Waals surface area contributed by atoms with Crippen molar-refractivity contribution < 1.29 is 13.6 Å². The Morgan fingerprint density at radius 3 is 2.65 bits per heavy atom. The van der Waals surface area contributed by atoms with Crippen LogP contribution in [-0.2, 0) is 13.0 Å². The van der Waals surface area contributed by atoms with E-state index in [1.54, 1.807) is 12.1 Å². The minimum absolute atomic E-state index is 0.0260. The summed E-state index contributed by atoms with van der Waals surface area (Å²) in [6.45, 7) is 3.55. The van der Waals surface area contributed by atoms with E-state index in [0.29, 0.717) is 66.8 Å². The lowest BCUT2D eigenvalue weighted by molar-refractivity contribution is 0.0991. The molecular formula is C22H23F2N5O2. The molecule has 4 rings (SSSR count). The third-order valence-corrected chi connectivity index (χ3v) is 5.81. The van der Waals surface area contributed by atoms with Gasteiger partial charge in [-0.15, -0.1) is 0 Å². The summed E-state index contributed by atoms with van der Waals surface area (Å²) in [5.41, 5.74) is 7.53. The van der Waals surface area contributed by atoms with E-state index < -0.39 is 11.9 Å². The molecule has 162 valence electrons. The Kier molecular flexibility index (Phi) is 5.77. The molecule has 0 atom stereocenters. The molecule has 1 aliphatic heterocycles. The normalized spacial score (nSPS) is 15.5. The summed E-state index contributed by atoms with van der Waals surface area (Å²) < 4.78 is 28.1. The molecule has 3 aromatic rings. The number of amides is 1. The number of hydrogen-bond acceptors (Lipinski definition) is 5. The van der Waals surface area contributed by atoms with Crippen LogP contribution in [-0.4, -0.2) is 38.8 Å². The summed E-state index contributed by atoms with van der Waals surface area (Å²) in [5.74, 6) is -1.82. The fourth-order valence-electron chi connectivity index (χ4n) is 4.17. The Labute approximate surface area is 177 Å². The monoisotopic (exact) mass is 427 g/mol. The first-order valence-electron chi connectivity index (χ1n) is 10.3. The Balaban J connectivity index is 1.49. The zero-order valence-electron chi connectivity index (χ0n) is 17.1. The zero-order chi connectivity index (χ0) is 22.1. The molecule has 0 spiro atoms. The first-order chi connectivity index (χ1) is 14.9. The molecule has 0 saturated carbocycles. The highest BCUT2D eigenvalue weighted by molar-refractivity contribution is 5.92. The molecule has 1 aromatic carbocycles. The number of aromatic amines is 1. The van der Waals surface area contributed by atoms with Gasteiger partial charge in [0, 0.05) is 18.2 Å². The molecule has 1 amide bonds. The summed E-state index contributed by atoms with van der Waals surface area (Å²) >= 11 is 0. The van der Waals surface area contributed by atoms with Crippen LogP contribution in [0, 0.1) is 11.8 Å². The highest BCUT2D eigenvalue weighted by atomic mass is 19.1. The van der Waals surface area contributed by atoms with Crippen LogP contribution in [0.25, 0.3) is 11.0 Å². The summed E-state index contributed by atoms with van der Waals surface area (Å²) in [6, 6.07) is 5.80. The number of piperidine rings is 1. The predicted octanol–water partition coefficient (Wildman–Crippen LogP) is 2.64. The topological polar surface area (TPSA) is 105 Å². The van der Waals surface area contributed by atoms with Gasteiger partial charge in [-0.2, -0.15) is 4.39 Å². The molecule has 7 nitrogen and oxygen atoms in total. The highest BCUT2D eigenvalue weighted by Crippen LogP contribution is 2.31. The van der Waals surface area contributed by atoms with Crippen molar-refractivity contribution in [2.24, 2.45) is 5.73 Å². The average Bonchev–Trinajstić information content (AvgIpc) is 2.75. The van der Waals surface area contributed by atoms with Crippen LogP contribution in [0.4, 0.5) is 8.78 Å². The van der Waals surface area contributed by atoms with Gasteiger partial charge in [-0.05, 0) is 56.0 Å². The molecule has 0 radical (unpaired) electrons. The summed E-state index contributed by atoms with van der Waals surface area (Å²) in [5, 5.41) is 0. The molecule has 0 bridgehead atoms. The van der Waals surface area contributed by atoms with Gasteiger partial charge in [-0.25, -0.2) is 14.4 Å². The van der Waals surface area contributed by atoms with Gasteiger partial charge >= 0.3 is 0 Å². The van der Waals surface area contributed by atoms with Crippen molar-refractivity contribution in [3.05, 3.63) is 68.9 Å². The second kappa shape index (κ2) is 8.50. The van der Waals surface area contributed by atoms with Crippen LogP contribution in [0.15, 0.2) is 29.1 Å². The first-order valence-corrected chi connectivity index (χ1v) is 10.3. The van der Waals surface area contributed by atoms with Gasteiger partial charge in [0.05, 0.1) is 11.0 Å². The largest absolute Gasteiger partial charge is 0.364 e. The number of fused-ring (bicyclic) bond motifs is 1. The smallest absolute Gasteiger partial charge is 0.270 e. The fraction of sp³-hybridized carbons (Fsp3) is 0.364. The third kappa shape index (κ3) is 4.32. The number of hydrogen-bond donors (Lipinski definition) is 2. The molecule has 1 saturated heterocycles. The van der Waals surface area contributed by atoms with E-state index in [1.165, 1.54) is 12.1 Å². The standard InChI is InChI=1S/C22H23F2N5O2/c1-2-16-22(31)27-17-9-13(15(23)10-18(17)26-16)11-29-7-5-12(6-8-29)14-3-4-19(24)28-20(14)21(25)30/h3-4,9-10,12H,2,5-8,11H2,1H3,(H2,25,30)(H,27,31). The minimum atomic E-state index is -0.746. The van der Waals surface area contributed by atoms with E-state index >= 15 is 0 Å². The van der Waals surface area contributed by atoms with Crippen LogP contribution in [0.3, 0.4) is 0 Å². The van der Waals surface area contributed by atoms with Gasteiger partial charge in [0.2, 0.25) is 5.95 Å². The summed E-state index contributed by atoms with van der Waals surface area (Å²) in [4.78, 5) is 36.5.